The number of aliphatic hydroxyl groups is 1. The number of carbonyl (C=O) groups excluding carboxylic acids is 1. The Morgan fingerprint density at radius 3 is 2.95 bits per heavy atom. The molecule has 9 nitrogen and oxygen atoms in total. The Balaban J connectivity index is 2.20. The molecule has 2 atom stereocenters. The van der Waals surface area contributed by atoms with Gasteiger partial charge in [0.2, 0.25) is 5.82 Å². The molecule has 0 unspecified atom stereocenters. The van der Waals surface area contributed by atoms with Crippen molar-refractivity contribution in [2.75, 3.05) is 13.2 Å². The van der Waals surface area contributed by atoms with Crippen LogP contribution in [0.4, 0.5) is 4.79 Å². The first-order chi connectivity index (χ1) is 9.08. The van der Waals surface area contributed by atoms with Gasteiger partial charge in [-0.15, -0.1) is 10.5 Å². The largest absolute Gasteiger partial charge is 0.423 e. The molecular weight excluding hydrogens is 276 g/mol. The molecule has 10 heteroatoms. The Morgan fingerprint density at radius 1 is 1.63 bits per heavy atom. The van der Waals surface area contributed by atoms with Gasteiger partial charge < -0.3 is 15.6 Å². The molecule has 0 bridgehead atoms. The third kappa shape index (κ3) is 2.54. The first kappa shape index (κ1) is 13.8. The number of urea groups is 1. The SMILES string of the molecule is [N-]=[N+]=NN1C(=O)N([C@H]2CC[C@@H](CO)O2)CC(Cl)=C1N. The zero-order valence-corrected chi connectivity index (χ0v) is 10.7. The second-order valence-corrected chi connectivity index (χ2v) is 4.62. The van der Waals surface area contributed by atoms with Crippen molar-refractivity contribution >= 4 is 17.6 Å². The van der Waals surface area contributed by atoms with Crippen molar-refractivity contribution in [1.29, 1.82) is 0 Å². The van der Waals surface area contributed by atoms with Gasteiger partial charge in [0.1, 0.15) is 11.3 Å². The number of ether oxygens (including phenoxy) is 1. The number of nitrogens with two attached hydrogens (primary N) is 1. The predicted octanol–water partition coefficient (Wildman–Crippen LogP) is 0.813. The molecule has 0 aromatic carbocycles. The highest BCUT2D eigenvalue weighted by Crippen LogP contribution is 2.29. The summed E-state index contributed by atoms with van der Waals surface area (Å²) in [5, 5.41) is 13.1. The van der Waals surface area contributed by atoms with Gasteiger partial charge in [-0.05, 0) is 18.1 Å². The number of aliphatic hydroxyl groups excluding tert-OH is 1. The highest BCUT2D eigenvalue weighted by atomic mass is 35.5. The molecule has 2 heterocycles. The molecule has 3 N–H and O–H groups in total. The maximum Gasteiger partial charge on any atom is 0.423 e. The van der Waals surface area contributed by atoms with Crippen LogP contribution >= 0.6 is 11.6 Å². The summed E-state index contributed by atoms with van der Waals surface area (Å²) in [6, 6.07) is -0.594. The molecule has 1 saturated heterocycles. The summed E-state index contributed by atoms with van der Waals surface area (Å²) < 4.78 is 5.50. The fraction of sp³-hybridized carbons (Fsp3) is 0.667. The van der Waals surface area contributed by atoms with E-state index in [0.717, 1.165) is 0 Å². The standard InChI is InChI=1S/C9H13ClN6O3/c10-6-3-15(7-2-1-5(4-17)19-7)9(18)16(8(6)11)14-13-12/h5,7,17H,1-4,11H2/t5-,7+/m0/s1. The normalized spacial score (nSPS) is 27.8. The molecular formula is C9H13ClN6O3. The molecule has 0 spiro atoms. The van der Waals surface area contributed by atoms with Gasteiger partial charge in [-0.2, -0.15) is 4.91 Å². The number of carbonyl (C=O) groups is 1. The highest BCUT2D eigenvalue weighted by Gasteiger charge is 2.41. The summed E-state index contributed by atoms with van der Waals surface area (Å²) in [6.45, 7) is -0.0171. The van der Waals surface area contributed by atoms with E-state index in [9.17, 15) is 4.79 Å². The third-order valence-corrected chi connectivity index (χ3v) is 3.32. The van der Waals surface area contributed by atoms with Crippen LogP contribution in [0.25, 0.3) is 10.4 Å². The number of nitrogens with zero attached hydrogens (tertiary/aromatic N) is 5. The summed E-state index contributed by atoms with van der Waals surface area (Å²) in [6.07, 6.45) is 0.407. The van der Waals surface area contributed by atoms with Gasteiger partial charge in [0, 0.05) is 0 Å². The number of halogens is 1. The molecule has 2 rings (SSSR count). The smallest absolute Gasteiger partial charge is 0.394 e. The number of rotatable bonds is 3. The molecule has 0 aromatic rings. The first-order valence-corrected chi connectivity index (χ1v) is 6.02. The van der Waals surface area contributed by atoms with Gasteiger partial charge in [-0.25, -0.2) is 4.79 Å². The lowest BCUT2D eigenvalue weighted by Crippen LogP contribution is -2.51. The molecule has 104 valence electrons. The minimum atomic E-state index is -0.594. The predicted molar refractivity (Wildman–Crippen MR) is 65.1 cm³/mol. The van der Waals surface area contributed by atoms with Gasteiger partial charge in [-0.1, -0.05) is 11.6 Å². The summed E-state index contributed by atoms with van der Waals surface area (Å²) in [5.41, 5.74) is 14.0. The van der Waals surface area contributed by atoms with E-state index in [0.29, 0.717) is 17.9 Å². The number of hydrogen-bond acceptors (Lipinski definition) is 5. The van der Waals surface area contributed by atoms with E-state index in [2.05, 4.69) is 10.1 Å². The van der Waals surface area contributed by atoms with Crippen molar-refractivity contribution in [3.63, 3.8) is 0 Å². The van der Waals surface area contributed by atoms with Gasteiger partial charge in [-0.3, -0.25) is 4.90 Å². The monoisotopic (exact) mass is 288 g/mol. The van der Waals surface area contributed by atoms with E-state index in [4.69, 9.17) is 32.7 Å². The Morgan fingerprint density at radius 2 is 2.37 bits per heavy atom. The van der Waals surface area contributed by atoms with E-state index in [-0.39, 0.29) is 30.1 Å². The van der Waals surface area contributed by atoms with Crippen molar-refractivity contribution in [2.24, 2.45) is 11.0 Å². The Bertz CT molecular complexity index is 463. The van der Waals surface area contributed by atoms with Crippen LogP contribution in [0.5, 0.6) is 0 Å². The van der Waals surface area contributed by atoms with Crippen molar-refractivity contribution in [3.8, 4) is 0 Å². The van der Waals surface area contributed by atoms with Gasteiger partial charge in [0.25, 0.3) is 0 Å². The second-order valence-electron chi connectivity index (χ2n) is 4.16. The van der Waals surface area contributed by atoms with Gasteiger partial charge in [0.15, 0.2) is 0 Å². The molecule has 2 aliphatic heterocycles. The Hall–Kier alpha value is -1.67. The number of azide groups is 1. The molecule has 19 heavy (non-hydrogen) atoms. The number of hydrogen-bond donors (Lipinski definition) is 2. The van der Waals surface area contributed by atoms with E-state index in [1.807, 2.05) is 0 Å². The maximum absolute atomic E-state index is 12.1. The van der Waals surface area contributed by atoms with Crippen LogP contribution in [0.3, 0.4) is 0 Å². The van der Waals surface area contributed by atoms with Crippen LogP contribution in [0, 0.1) is 0 Å². The Kier molecular flexibility index (Phi) is 4.01. The maximum atomic E-state index is 12.1. The van der Waals surface area contributed by atoms with E-state index < -0.39 is 12.3 Å². The van der Waals surface area contributed by atoms with E-state index in [1.165, 1.54) is 4.90 Å². The highest BCUT2D eigenvalue weighted by molar-refractivity contribution is 6.30. The number of amides is 2. The summed E-state index contributed by atoms with van der Waals surface area (Å²) in [5.74, 6) is -0.0857. The zero-order valence-electron chi connectivity index (χ0n) is 9.94. The molecule has 2 aliphatic rings. The molecule has 2 amide bonds. The first-order valence-electron chi connectivity index (χ1n) is 5.64. The van der Waals surface area contributed by atoms with Crippen LogP contribution in [0.1, 0.15) is 12.8 Å². The van der Waals surface area contributed by atoms with E-state index in [1.54, 1.807) is 0 Å². The van der Waals surface area contributed by atoms with Gasteiger partial charge in [0.05, 0.1) is 19.3 Å². The van der Waals surface area contributed by atoms with Crippen LogP contribution in [-0.2, 0) is 4.74 Å². The van der Waals surface area contributed by atoms with Crippen LogP contribution in [-0.4, -0.2) is 46.5 Å². The van der Waals surface area contributed by atoms with Crippen LogP contribution in [0.15, 0.2) is 16.1 Å². The molecule has 0 aromatic heterocycles. The lowest BCUT2D eigenvalue weighted by atomic mass is 10.2. The summed E-state index contributed by atoms with van der Waals surface area (Å²) >= 11 is 5.94. The zero-order chi connectivity index (χ0) is 14.0. The second kappa shape index (κ2) is 5.54. The van der Waals surface area contributed by atoms with E-state index >= 15 is 0 Å². The minimum absolute atomic E-state index is 0.0857. The third-order valence-electron chi connectivity index (χ3n) is 3.01. The molecule has 1 fully saturated rings. The van der Waals surface area contributed by atoms with Crippen LogP contribution in [0.2, 0.25) is 0 Å². The fourth-order valence-electron chi connectivity index (χ4n) is 2.04. The average Bonchev–Trinajstić information content (AvgIpc) is 2.87. The quantitative estimate of drug-likeness (QED) is 0.452. The lowest BCUT2D eigenvalue weighted by Gasteiger charge is -2.32. The fourth-order valence-corrected chi connectivity index (χ4v) is 2.25. The average molecular weight is 289 g/mol. The summed E-state index contributed by atoms with van der Waals surface area (Å²) in [7, 11) is 0. The van der Waals surface area contributed by atoms with Crippen LogP contribution < -0.4 is 5.73 Å². The van der Waals surface area contributed by atoms with Crippen molar-refractivity contribution in [3.05, 3.63) is 21.3 Å². The minimum Gasteiger partial charge on any atom is -0.394 e. The van der Waals surface area contributed by atoms with Crippen molar-refractivity contribution < 1.29 is 14.6 Å². The summed E-state index contributed by atoms with van der Waals surface area (Å²) in [4.78, 5) is 16.0. The molecule has 0 saturated carbocycles. The molecule has 0 aliphatic carbocycles. The molecule has 0 radical (unpaired) electrons. The lowest BCUT2D eigenvalue weighted by molar-refractivity contribution is -0.0532. The Labute approximate surface area is 113 Å². The van der Waals surface area contributed by atoms with Gasteiger partial charge >= 0.3 is 6.03 Å². The topological polar surface area (TPSA) is 128 Å². The van der Waals surface area contributed by atoms with Crippen molar-refractivity contribution in [2.45, 2.75) is 25.2 Å². The van der Waals surface area contributed by atoms with Crippen molar-refractivity contribution in [1.82, 2.24) is 9.91 Å².